The monoisotopic (exact) mass is 426 g/mol. The lowest BCUT2D eigenvalue weighted by atomic mass is 10.0. The van der Waals surface area contributed by atoms with Crippen LogP contribution in [0.4, 0.5) is 0 Å². The smallest absolute Gasteiger partial charge is 0.260 e. The molecule has 0 N–H and O–H groups in total. The number of hydrogen-bond donors (Lipinski definition) is 0. The zero-order chi connectivity index (χ0) is 22.3. The summed E-state index contributed by atoms with van der Waals surface area (Å²) < 4.78 is 7.64. The van der Waals surface area contributed by atoms with Gasteiger partial charge in [0.05, 0.1) is 11.7 Å². The van der Waals surface area contributed by atoms with Gasteiger partial charge in [0, 0.05) is 13.5 Å². The Morgan fingerprint density at radius 2 is 1.72 bits per heavy atom. The van der Waals surface area contributed by atoms with Crippen molar-refractivity contribution in [3.63, 3.8) is 0 Å². The summed E-state index contributed by atoms with van der Waals surface area (Å²) in [6.07, 6.45) is 3.91. The Morgan fingerprint density at radius 3 is 2.44 bits per heavy atom. The molecule has 1 heterocycles. The zero-order valence-electron chi connectivity index (χ0n) is 18.3. The van der Waals surface area contributed by atoms with E-state index in [4.69, 9.17) is 4.74 Å². The Kier molecular flexibility index (Phi) is 6.60. The van der Waals surface area contributed by atoms with Gasteiger partial charge in [-0.1, -0.05) is 60.7 Å². The number of ether oxygens (including phenoxy) is 1. The number of hydrogen-bond acceptors (Lipinski definition) is 4. The minimum atomic E-state index is -0.0875. The van der Waals surface area contributed by atoms with E-state index >= 15 is 0 Å². The second-order valence-corrected chi connectivity index (χ2v) is 7.67. The summed E-state index contributed by atoms with van der Waals surface area (Å²) in [7, 11) is 1.80. The van der Waals surface area contributed by atoms with E-state index in [9.17, 15) is 4.79 Å². The van der Waals surface area contributed by atoms with Crippen LogP contribution in [0.25, 0.3) is 5.69 Å². The average Bonchev–Trinajstić information content (AvgIpc) is 3.38. The largest absolute Gasteiger partial charge is 0.483 e. The first-order chi connectivity index (χ1) is 15.6. The number of carbonyl (C=O) groups is 1. The average molecular weight is 427 g/mol. The molecule has 0 aliphatic rings. The summed E-state index contributed by atoms with van der Waals surface area (Å²) in [6, 6.07) is 26.0. The Balaban J connectivity index is 1.38. The molecule has 6 nitrogen and oxygen atoms in total. The second-order valence-electron chi connectivity index (χ2n) is 7.67. The van der Waals surface area contributed by atoms with Crippen LogP contribution >= 0.6 is 0 Å². The fourth-order valence-electron chi connectivity index (χ4n) is 3.53. The summed E-state index contributed by atoms with van der Waals surface area (Å²) in [6.45, 7) is 2.00. The first kappa shape index (κ1) is 21.3. The molecule has 3 aromatic carbocycles. The molecule has 0 saturated heterocycles. The highest BCUT2D eigenvalue weighted by Gasteiger charge is 2.18. The first-order valence-electron chi connectivity index (χ1n) is 10.6. The standard InChI is InChI=1S/C26H26N4O2/c1-20(22-12-14-24(15-13-22)30-19-27-18-28-30)29(2)26(31)17-32-25-11-7-6-10-23(25)16-21-8-4-3-5-9-21/h3-15,18-20H,16-17H2,1-2H3. The number of rotatable bonds is 8. The van der Waals surface area contributed by atoms with Crippen molar-refractivity contribution in [2.24, 2.45) is 0 Å². The van der Waals surface area contributed by atoms with Crippen molar-refractivity contribution in [1.29, 1.82) is 0 Å². The highest BCUT2D eigenvalue weighted by Crippen LogP contribution is 2.23. The Morgan fingerprint density at radius 1 is 1.00 bits per heavy atom. The lowest BCUT2D eigenvalue weighted by molar-refractivity contribution is -0.134. The molecule has 32 heavy (non-hydrogen) atoms. The highest BCUT2D eigenvalue weighted by atomic mass is 16.5. The molecule has 0 saturated carbocycles. The maximum atomic E-state index is 12.8. The van der Waals surface area contributed by atoms with E-state index in [1.807, 2.05) is 73.7 Å². The summed E-state index contributed by atoms with van der Waals surface area (Å²) in [5.74, 6) is 0.662. The SMILES string of the molecule is CC(c1ccc(-n2cncn2)cc1)N(C)C(=O)COc1ccccc1Cc1ccccc1. The third kappa shape index (κ3) is 5.03. The Hall–Kier alpha value is -3.93. The molecular formula is C26H26N4O2. The molecule has 4 rings (SSSR count). The Labute approximate surface area is 188 Å². The lowest BCUT2D eigenvalue weighted by Crippen LogP contribution is -2.33. The molecule has 1 amide bonds. The molecule has 162 valence electrons. The van der Waals surface area contributed by atoms with Crippen LogP contribution in [0.15, 0.2) is 91.5 Å². The van der Waals surface area contributed by atoms with E-state index in [0.717, 1.165) is 29.0 Å². The Bertz CT molecular complexity index is 1140. The van der Waals surface area contributed by atoms with Gasteiger partial charge in [-0.15, -0.1) is 0 Å². The second kappa shape index (κ2) is 9.92. The van der Waals surface area contributed by atoms with E-state index < -0.39 is 0 Å². The molecule has 0 spiro atoms. The molecule has 1 aromatic heterocycles. The molecule has 0 fully saturated rings. The summed E-state index contributed by atoms with van der Waals surface area (Å²) in [4.78, 5) is 18.5. The molecular weight excluding hydrogens is 400 g/mol. The molecule has 1 unspecified atom stereocenters. The van der Waals surface area contributed by atoms with Gasteiger partial charge in [0.25, 0.3) is 5.91 Å². The number of likely N-dealkylation sites (N-methyl/N-ethyl adjacent to an activating group) is 1. The van der Waals surface area contributed by atoms with Gasteiger partial charge in [-0.05, 0) is 41.8 Å². The van der Waals surface area contributed by atoms with Crippen LogP contribution in [0, 0.1) is 0 Å². The van der Waals surface area contributed by atoms with Crippen LogP contribution in [0.2, 0.25) is 0 Å². The van der Waals surface area contributed by atoms with E-state index in [0.29, 0.717) is 0 Å². The van der Waals surface area contributed by atoms with Crippen molar-refractivity contribution in [2.75, 3.05) is 13.7 Å². The van der Waals surface area contributed by atoms with Crippen LogP contribution in [0.1, 0.15) is 29.7 Å². The van der Waals surface area contributed by atoms with Crippen LogP contribution in [0.3, 0.4) is 0 Å². The normalized spacial score (nSPS) is 11.7. The molecule has 0 bridgehead atoms. The van der Waals surface area contributed by atoms with Gasteiger partial charge in [0.1, 0.15) is 18.4 Å². The van der Waals surface area contributed by atoms with Crippen molar-refractivity contribution in [3.05, 3.63) is 108 Å². The molecule has 0 aliphatic heterocycles. The van der Waals surface area contributed by atoms with Crippen LogP contribution in [0.5, 0.6) is 5.75 Å². The maximum absolute atomic E-state index is 12.8. The number of carbonyl (C=O) groups excluding carboxylic acids is 1. The molecule has 1 atom stereocenters. The first-order valence-corrected chi connectivity index (χ1v) is 10.6. The van der Waals surface area contributed by atoms with E-state index in [2.05, 4.69) is 22.2 Å². The number of benzene rings is 3. The highest BCUT2D eigenvalue weighted by molar-refractivity contribution is 5.78. The lowest BCUT2D eigenvalue weighted by Gasteiger charge is -2.25. The van der Waals surface area contributed by atoms with Crippen molar-refractivity contribution in [2.45, 2.75) is 19.4 Å². The molecule has 4 aromatic rings. The minimum absolute atomic E-state index is 0.0102. The van der Waals surface area contributed by atoms with Gasteiger partial charge < -0.3 is 9.64 Å². The van der Waals surface area contributed by atoms with Gasteiger partial charge in [-0.25, -0.2) is 9.67 Å². The van der Waals surface area contributed by atoms with Gasteiger partial charge in [-0.2, -0.15) is 5.10 Å². The third-order valence-corrected chi connectivity index (χ3v) is 5.59. The van der Waals surface area contributed by atoms with Gasteiger partial charge in [-0.3, -0.25) is 4.79 Å². The number of nitrogens with zero attached hydrogens (tertiary/aromatic N) is 4. The van der Waals surface area contributed by atoms with Gasteiger partial charge in [0.15, 0.2) is 6.61 Å². The number of para-hydroxylation sites is 1. The summed E-state index contributed by atoms with van der Waals surface area (Å²) in [5, 5.41) is 4.14. The maximum Gasteiger partial charge on any atom is 0.260 e. The zero-order valence-corrected chi connectivity index (χ0v) is 18.3. The van der Waals surface area contributed by atoms with Gasteiger partial charge >= 0.3 is 0 Å². The van der Waals surface area contributed by atoms with Crippen LogP contribution < -0.4 is 4.74 Å². The molecule has 0 radical (unpaired) electrons. The fourth-order valence-corrected chi connectivity index (χ4v) is 3.53. The molecule has 0 aliphatic carbocycles. The minimum Gasteiger partial charge on any atom is -0.483 e. The summed E-state index contributed by atoms with van der Waals surface area (Å²) >= 11 is 0. The van der Waals surface area contributed by atoms with E-state index in [1.54, 1.807) is 23.0 Å². The number of amides is 1. The number of aromatic nitrogens is 3. The van der Waals surface area contributed by atoms with Gasteiger partial charge in [0.2, 0.25) is 0 Å². The van der Waals surface area contributed by atoms with Crippen molar-refractivity contribution in [1.82, 2.24) is 19.7 Å². The van der Waals surface area contributed by atoms with Crippen molar-refractivity contribution in [3.8, 4) is 11.4 Å². The van der Waals surface area contributed by atoms with E-state index in [-0.39, 0.29) is 18.6 Å². The van der Waals surface area contributed by atoms with E-state index in [1.165, 1.54) is 11.9 Å². The summed E-state index contributed by atoms with van der Waals surface area (Å²) in [5.41, 5.74) is 4.22. The van der Waals surface area contributed by atoms with Crippen molar-refractivity contribution >= 4 is 5.91 Å². The topological polar surface area (TPSA) is 60.2 Å². The predicted octanol–water partition coefficient (Wildman–Crippen LogP) is 4.46. The molecule has 6 heteroatoms. The van der Waals surface area contributed by atoms with Crippen LogP contribution in [-0.4, -0.2) is 39.2 Å². The third-order valence-electron chi connectivity index (χ3n) is 5.59. The fraction of sp³-hybridized carbons (Fsp3) is 0.192. The van der Waals surface area contributed by atoms with Crippen molar-refractivity contribution < 1.29 is 9.53 Å². The van der Waals surface area contributed by atoms with Crippen LogP contribution in [-0.2, 0) is 11.2 Å². The quantitative estimate of drug-likeness (QED) is 0.417. The predicted molar refractivity (Wildman–Crippen MR) is 124 cm³/mol.